The number of halogens is 5. The molecule has 0 aliphatic heterocycles. The smallest absolute Gasteiger partial charge is 0.493 e. The van der Waals surface area contributed by atoms with Crippen molar-refractivity contribution >= 4 is 17.3 Å². The van der Waals surface area contributed by atoms with Crippen molar-refractivity contribution in [2.75, 3.05) is 24.3 Å². The molecule has 0 aromatic heterocycles. The normalized spacial score (nSPS) is 11.1. The van der Waals surface area contributed by atoms with Crippen LogP contribution in [0.2, 0.25) is 0 Å². The first-order valence-electron chi connectivity index (χ1n) is 7.68. The summed E-state index contributed by atoms with van der Waals surface area (Å²) in [6.45, 7) is -3.28. The lowest BCUT2D eigenvalue weighted by Gasteiger charge is -2.13. The molecule has 6 nitrogen and oxygen atoms in total. The highest BCUT2D eigenvalue weighted by Gasteiger charge is 2.30. The molecule has 0 fully saturated rings. The van der Waals surface area contributed by atoms with Gasteiger partial charge in [0, 0.05) is 17.4 Å². The van der Waals surface area contributed by atoms with E-state index in [4.69, 9.17) is 4.74 Å². The van der Waals surface area contributed by atoms with Gasteiger partial charge >= 0.3 is 13.0 Å². The molecule has 11 heteroatoms. The highest BCUT2D eigenvalue weighted by atomic mass is 19.4. The molecule has 0 aliphatic rings. The average molecular weight is 406 g/mol. The molecule has 2 N–H and O–H groups in total. The van der Waals surface area contributed by atoms with Crippen LogP contribution in [-0.2, 0) is 4.79 Å². The van der Waals surface area contributed by atoms with Gasteiger partial charge in [0.2, 0.25) is 5.91 Å². The Balaban J connectivity index is 1.91. The molecule has 0 spiro atoms. The Kier molecular flexibility index (Phi) is 6.85. The summed E-state index contributed by atoms with van der Waals surface area (Å²) in [7, 11) is 1.29. The summed E-state index contributed by atoms with van der Waals surface area (Å²) in [5.41, 5.74) is 0.568. The molecule has 0 saturated carbocycles. The highest BCUT2D eigenvalue weighted by Crippen LogP contribution is 2.31. The number of nitrogens with one attached hydrogen (secondary N) is 2. The fourth-order valence-electron chi connectivity index (χ4n) is 2.10. The second-order valence-electron chi connectivity index (χ2n) is 5.22. The SMILES string of the molecule is COc1ccc(NCC(=O)Nc2ccc(OC(F)(F)F)cc2)cc1OC(F)F. The number of carbonyl (C=O) groups is 1. The van der Waals surface area contributed by atoms with E-state index in [1.165, 1.54) is 37.4 Å². The number of anilines is 2. The summed E-state index contributed by atoms with van der Waals surface area (Å²) in [4.78, 5) is 11.9. The Bertz CT molecular complexity index is 797. The summed E-state index contributed by atoms with van der Waals surface area (Å²) in [6.07, 6.45) is -4.81. The minimum absolute atomic E-state index is 0.0940. The second kappa shape index (κ2) is 9.11. The summed E-state index contributed by atoms with van der Waals surface area (Å²) in [5, 5.41) is 5.16. The first-order chi connectivity index (χ1) is 13.2. The van der Waals surface area contributed by atoms with E-state index >= 15 is 0 Å². The van der Waals surface area contributed by atoms with E-state index in [0.29, 0.717) is 5.69 Å². The number of amides is 1. The number of methoxy groups -OCH3 is 1. The van der Waals surface area contributed by atoms with Crippen LogP contribution >= 0.6 is 0 Å². The number of hydrogen-bond acceptors (Lipinski definition) is 5. The maximum Gasteiger partial charge on any atom is 0.573 e. The van der Waals surface area contributed by atoms with Gasteiger partial charge < -0.3 is 24.8 Å². The fraction of sp³-hybridized carbons (Fsp3) is 0.235. The minimum Gasteiger partial charge on any atom is -0.493 e. The third kappa shape index (κ3) is 6.82. The van der Waals surface area contributed by atoms with Crippen molar-refractivity contribution in [3.63, 3.8) is 0 Å². The number of alkyl halides is 5. The van der Waals surface area contributed by atoms with Gasteiger partial charge in [0.15, 0.2) is 11.5 Å². The molecule has 28 heavy (non-hydrogen) atoms. The van der Waals surface area contributed by atoms with Gasteiger partial charge in [-0.1, -0.05) is 0 Å². The van der Waals surface area contributed by atoms with Crippen LogP contribution in [0.5, 0.6) is 17.2 Å². The summed E-state index contributed by atoms with van der Waals surface area (Å²) >= 11 is 0. The molecule has 2 aromatic rings. The quantitative estimate of drug-likeness (QED) is 0.642. The van der Waals surface area contributed by atoms with E-state index in [9.17, 15) is 26.7 Å². The Labute approximate surface area is 156 Å². The zero-order chi connectivity index (χ0) is 20.7. The van der Waals surface area contributed by atoms with Crippen LogP contribution in [0.25, 0.3) is 0 Å². The van der Waals surface area contributed by atoms with Gasteiger partial charge in [-0.15, -0.1) is 13.2 Å². The number of ether oxygens (including phenoxy) is 3. The third-order valence-electron chi connectivity index (χ3n) is 3.20. The summed E-state index contributed by atoms with van der Waals surface area (Å²) in [6, 6.07) is 8.69. The van der Waals surface area contributed by atoms with Crippen molar-refractivity contribution < 1.29 is 41.0 Å². The monoisotopic (exact) mass is 406 g/mol. The Morgan fingerprint density at radius 3 is 2.25 bits per heavy atom. The lowest BCUT2D eigenvalue weighted by molar-refractivity contribution is -0.274. The average Bonchev–Trinajstić information content (AvgIpc) is 2.60. The van der Waals surface area contributed by atoms with Crippen LogP contribution in [-0.4, -0.2) is 32.5 Å². The number of hydrogen-bond donors (Lipinski definition) is 2. The molecule has 152 valence electrons. The van der Waals surface area contributed by atoms with E-state index in [2.05, 4.69) is 20.1 Å². The van der Waals surface area contributed by atoms with Crippen LogP contribution in [0.1, 0.15) is 0 Å². The Hall–Kier alpha value is -3.24. The van der Waals surface area contributed by atoms with Gasteiger partial charge in [0.25, 0.3) is 0 Å². The van der Waals surface area contributed by atoms with Crippen LogP contribution in [0, 0.1) is 0 Å². The van der Waals surface area contributed by atoms with E-state index < -0.39 is 24.6 Å². The van der Waals surface area contributed by atoms with Crippen molar-refractivity contribution in [1.82, 2.24) is 0 Å². The van der Waals surface area contributed by atoms with Crippen molar-refractivity contribution in [2.24, 2.45) is 0 Å². The molecule has 2 rings (SSSR count). The van der Waals surface area contributed by atoms with Crippen LogP contribution < -0.4 is 24.8 Å². The number of benzene rings is 2. The number of rotatable bonds is 8. The van der Waals surface area contributed by atoms with Crippen molar-refractivity contribution in [3.05, 3.63) is 42.5 Å². The summed E-state index contributed by atoms with van der Waals surface area (Å²) < 4.78 is 74.1. The van der Waals surface area contributed by atoms with Crippen molar-refractivity contribution in [3.8, 4) is 17.2 Å². The van der Waals surface area contributed by atoms with Crippen LogP contribution in [0.15, 0.2) is 42.5 Å². The molecule has 0 heterocycles. The molecule has 2 aromatic carbocycles. The third-order valence-corrected chi connectivity index (χ3v) is 3.20. The van der Waals surface area contributed by atoms with E-state index in [1.807, 2.05) is 0 Å². The molecule has 0 unspecified atom stereocenters. The first-order valence-corrected chi connectivity index (χ1v) is 7.68. The Morgan fingerprint density at radius 1 is 1.04 bits per heavy atom. The minimum atomic E-state index is -4.81. The standard InChI is InChI=1S/C17H15F5N2O4/c1-26-13-7-4-11(8-14(13)27-16(18)19)23-9-15(25)24-10-2-5-12(6-3-10)28-17(20,21)22/h2-8,16,23H,9H2,1H3,(H,24,25). The molecule has 0 radical (unpaired) electrons. The zero-order valence-electron chi connectivity index (χ0n) is 14.3. The largest absolute Gasteiger partial charge is 0.573 e. The summed E-state index contributed by atoms with van der Waals surface area (Å²) in [5.74, 6) is -1.05. The molecular formula is C17H15F5N2O4. The van der Waals surface area contributed by atoms with Gasteiger partial charge in [0.1, 0.15) is 5.75 Å². The van der Waals surface area contributed by atoms with Crippen LogP contribution in [0.3, 0.4) is 0 Å². The predicted octanol–water partition coefficient (Wildman–Crippen LogP) is 4.25. The second-order valence-corrected chi connectivity index (χ2v) is 5.22. The lowest BCUT2D eigenvalue weighted by Crippen LogP contribution is -2.22. The lowest BCUT2D eigenvalue weighted by atomic mass is 10.2. The fourth-order valence-corrected chi connectivity index (χ4v) is 2.10. The molecule has 0 bridgehead atoms. The first kappa shape index (κ1) is 21.1. The topological polar surface area (TPSA) is 68.8 Å². The van der Waals surface area contributed by atoms with Gasteiger partial charge in [-0.05, 0) is 36.4 Å². The van der Waals surface area contributed by atoms with Gasteiger partial charge in [-0.25, -0.2) is 0 Å². The highest BCUT2D eigenvalue weighted by molar-refractivity contribution is 5.93. The maximum absolute atomic E-state index is 12.4. The molecule has 0 aliphatic carbocycles. The predicted molar refractivity (Wildman–Crippen MR) is 89.9 cm³/mol. The van der Waals surface area contributed by atoms with E-state index in [0.717, 1.165) is 12.1 Å². The van der Waals surface area contributed by atoms with E-state index in [1.54, 1.807) is 0 Å². The van der Waals surface area contributed by atoms with Gasteiger partial charge in [-0.2, -0.15) is 8.78 Å². The molecule has 0 atom stereocenters. The van der Waals surface area contributed by atoms with Gasteiger partial charge in [-0.3, -0.25) is 4.79 Å². The van der Waals surface area contributed by atoms with Crippen molar-refractivity contribution in [2.45, 2.75) is 13.0 Å². The molecular weight excluding hydrogens is 391 g/mol. The van der Waals surface area contributed by atoms with Gasteiger partial charge in [0.05, 0.1) is 13.7 Å². The zero-order valence-corrected chi connectivity index (χ0v) is 14.3. The van der Waals surface area contributed by atoms with E-state index in [-0.39, 0.29) is 23.7 Å². The molecule has 1 amide bonds. The van der Waals surface area contributed by atoms with Crippen LogP contribution in [0.4, 0.5) is 33.3 Å². The number of carbonyl (C=O) groups excluding carboxylic acids is 1. The maximum atomic E-state index is 12.4. The van der Waals surface area contributed by atoms with Crippen molar-refractivity contribution in [1.29, 1.82) is 0 Å². The molecule has 0 saturated heterocycles. The Morgan fingerprint density at radius 2 is 1.68 bits per heavy atom.